The second-order valence-corrected chi connectivity index (χ2v) is 6.69. The number of hydrogen-bond donors (Lipinski definition) is 0. The molecule has 0 amide bonds. The van der Waals surface area contributed by atoms with Crippen molar-refractivity contribution in [2.75, 3.05) is 0 Å². The highest BCUT2D eigenvalue weighted by Crippen LogP contribution is 2.23. The minimum absolute atomic E-state index is 0.0623. The third kappa shape index (κ3) is 4.29. The largest absolute Gasteiger partial charge is 0.339 e. The maximum Gasteiger partial charge on any atom is 0.234 e. The van der Waals surface area contributed by atoms with Gasteiger partial charge in [0.15, 0.2) is 5.82 Å². The molecule has 1 aromatic carbocycles. The van der Waals surface area contributed by atoms with Crippen molar-refractivity contribution < 1.29 is 9.32 Å². The van der Waals surface area contributed by atoms with Crippen molar-refractivity contribution in [3.05, 3.63) is 45.5 Å². The van der Waals surface area contributed by atoms with E-state index in [1.54, 1.807) is 12.1 Å². The minimum Gasteiger partial charge on any atom is -0.339 e. The van der Waals surface area contributed by atoms with Gasteiger partial charge >= 0.3 is 0 Å². The van der Waals surface area contributed by atoms with Gasteiger partial charge in [0.05, 0.1) is 16.5 Å². The third-order valence-corrected chi connectivity index (χ3v) is 3.74. The molecule has 1 heterocycles. The van der Waals surface area contributed by atoms with Gasteiger partial charge in [0.25, 0.3) is 0 Å². The molecule has 112 valence electrons. The lowest BCUT2D eigenvalue weighted by atomic mass is 9.89. The molecule has 0 aliphatic heterocycles. The van der Waals surface area contributed by atoms with Crippen LogP contribution in [0.1, 0.15) is 38.0 Å². The standard InChI is InChI=1S/C15H16Cl2N2O2/c1-15(2,3)12(20)8-14-18-13(19-21-14)7-9-4-5-10(16)11(17)6-9/h4-6H,7-8H2,1-3H3. The Hall–Kier alpha value is -1.39. The summed E-state index contributed by atoms with van der Waals surface area (Å²) >= 11 is 11.8. The molecule has 0 unspecified atom stereocenters. The summed E-state index contributed by atoms with van der Waals surface area (Å²) in [7, 11) is 0. The number of aromatic nitrogens is 2. The predicted molar refractivity (Wildman–Crippen MR) is 81.7 cm³/mol. The first-order valence-electron chi connectivity index (χ1n) is 6.54. The molecular formula is C15H16Cl2N2O2. The van der Waals surface area contributed by atoms with Crippen LogP contribution in [0.25, 0.3) is 0 Å². The molecule has 6 heteroatoms. The van der Waals surface area contributed by atoms with Gasteiger partial charge in [-0.1, -0.05) is 55.2 Å². The molecule has 0 aliphatic carbocycles. The molecule has 0 fully saturated rings. The average Bonchev–Trinajstić information content (AvgIpc) is 2.80. The van der Waals surface area contributed by atoms with Gasteiger partial charge in [0.1, 0.15) is 5.78 Å². The van der Waals surface area contributed by atoms with Crippen LogP contribution in [0.2, 0.25) is 10.0 Å². The number of benzene rings is 1. The van der Waals surface area contributed by atoms with E-state index in [1.807, 2.05) is 26.8 Å². The number of nitrogens with zero attached hydrogens (tertiary/aromatic N) is 2. The highest BCUT2D eigenvalue weighted by molar-refractivity contribution is 6.42. The second-order valence-electron chi connectivity index (χ2n) is 5.88. The smallest absolute Gasteiger partial charge is 0.234 e. The molecule has 0 N–H and O–H groups in total. The summed E-state index contributed by atoms with van der Waals surface area (Å²) in [6.07, 6.45) is 0.627. The van der Waals surface area contributed by atoms with Crippen LogP contribution in [-0.4, -0.2) is 15.9 Å². The Labute approximate surface area is 133 Å². The number of ketones is 1. The zero-order valence-corrected chi connectivity index (χ0v) is 13.6. The highest BCUT2D eigenvalue weighted by atomic mass is 35.5. The molecule has 0 atom stereocenters. The van der Waals surface area contributed by atoms with Gasteiger partial charge in [0, 0.05) is 11.8 Å². The van der Waals surface area contributed by atoms with E-state index in [4.69, 9.17) is 27.7 Å². The van der Waals surface area contributed by atoms with Crippen LogP contribution in [0.5, 0.6) is 0 Å². The first-order valence-corrected chi connectivity index (χ1v) is 7.30. The Bertz CT molecular complexity index is 660. The van der Waals surface area contributed by atoms with Gasteiger partial charge in [-0.3, -0.25) is 4.79 Å². The maximum absolute atomic E-state index is 11.9. The van der Waals surface area contributed by atoms with Crippen molar-refractivity contribution >= 4 is 29.0 Å². The SMILES string of the molecule is CC(C)(C)C(=O)Cc1nc(Cc2ccc(Cl)c(Cl)c2)no1. The quantitative estimate of drug-likeness (QED) is 0.847. The molecule has 2 aromatic rings. The van der Waals surface area contributed by atoms with E-state index in [0.717, 1.165) is 5.56 Å². The summed E-state index contributed by atoms with van der Waals surface area (Å²) in [6.45, 7) is 5.59. The predicted octanol–water partition coefficient (Wildman–Crippen LogP) is 4.12. The van der Waals surface area contributed by atoms with Crippen molar-refractivity contribution in [3.8, 4) is 0 Å². The van der Waals surface area contributed by atoms with Crippen LogP contribution >= 0.6 is 23.2 Å². The molecule has 0 aliphatic rings. The lowest BCUT2D eigenvalue weighted by Gasteiger charge is -2.14. The Morgan fingerprint density at radius 2 is 1.95 bits per heavy atom. The van der Waals surface area contributed by atoms with Gasteiger partial charge < -0.3 is 4.52 Å². The van der Waals surface area contributed by atoms with Crippen LogP contribution in [0.3, 0.4) is 0 Å². The van der Waals surface area contributed by atoms with E-state index in [2.05, 4.69) is 10.1 Å². The number of rotatable bonds is 4. The van der Waals surface area contributed by atoms with Crippen molar-refractivity contribution in [3.63, 3.8) is 0 Å². The lowest BCUT2D eigenvalue weighted by molar-refractivity contribution is -0.125. The van der Waals surface area contributed by atoms with E-state index < -0.39 is 5.41 Å². The van der Waals surface area contributed by atoms with E-state index >= 15 is 0 Å². The number of Topliss-reactive ketones (excluding diaryl/α,β-unsaturated/α-hetero) is 1. The van der Waals surface area contributed by atoms with Crippen LogP contribution in [-0.2, 0) is 17.6 Å². The minimum atomic E-state index is -0.418. The summed E-state index contributed by atoms with van der Waals surface area (Å²) in [4.78, 5) is 16.2. The molecule has 2 rings (SSSR count). The number of halogens is 2. The molecule has 21 heavy (non-hydrogen) atoms. The topological polar surface area (TPSA) is 56.0 Å². The van der Waals surface area contributed by atoms with Crippen LogP contribution in [0.4, 0.5) is 0 Å². The summed E-state index contributed by atoms with van der Waals surface area (Å²) in [5.74, 6) is 0.919. The fourth-order valence-electron chi connectivity index (χ4n) is 1.67. The van der Waals surface area contributed by atoms with Crippen molar-refractivity contribution in [1.82, 2.24) is 10.1 Å². The van der Waals surface area contributed by atoms with Gasteiger partial charge in [-0.15, -0.1) is 0 Å². The van der Waals surface area contributed by atoms with Crippen LogP contribution < -0.4 is 0 Å². The molecular weight excluding hydrogens is 311 g/mol. The first-order chi connectivity index (χ1) is 9.75. The van der Waals surface area contributed by atoms with E-state index in [1.165, 1.54) is 0 Å². The van der Waals surface area contributed by atoms with Gasteiger partial charge in [0.2, 0.25) is 5.89 Å². The molecule has 0 saturated carbocycles. The Kier molecular flexibility index (Phi) is 4.69. The maximum atomic E-state index is 11.9. The fraction of sp³-hybridized carbons (Fsp3) is 0.400. The lowest BCUT2D eigenvalue weighted by Crippen LogP contribution is -2.22. The van der Waals surface area contributed by atoms with Gasteiger partial charge in [-0.2, -0.15) is 4.98 Å². The molecule has 0 saturated heterocycles. The third-order valence-electron chi connectivity index (χ3n) is 3.00. The summed E-state index contributed by atoms with van der Waals surface area (Å²) in [5, 5.41) is 4.88. The van der Waals surface area contributed by atoms with Crippen LogP contribution in [0.15, 0.2) is 22.7 Å². The average molecular weight is 327 g/mol. The normalized spacial score (nSPS) is 11.7. The highest BCUT2D eigenvalue weighted by Gasteiger charge is 2.23. The van der Waals surface area contributed by atoms with Crippen molar-refractivity contribution in [2.24, 2.45) is 5.41 Å². The number of carbonyl (C=O) groups is 1. The zero-order chi connectivity index (χ0) is 15.6. The summed E-state index contributed by atoms with van der Waals surface area (Å²) in [5.41, 5.74) is 0.511. The van der Waals surface area contributed by atoms with Crippen molar-refractivity contribution in [2.45, 2.75) is 33.6 Å². The molecule has 0 bridgehead atoms. The Morgan fingerprint density at radius 1 is 1.24 bits per heavy atom. The fourth-order valence-corrected chi connectivity index (χ4v) is 1.99. The zero-order valence-electron chi connectivity index (χ0n) is 12.1. The number of carbonyl (C=O) groups excluding carboxylic acids is 1. The number of hydrogen-bond acceptors (Lipinski definition) is 4. The Balaban J connectivity index is 2.06. The van der Waals surface area contributed by atoms with Crippen molar-refractivity contribution in [1.29, 1.82) is 0 Å². The Morgan fingerprint density at radius 3 is 2.57 bits per heavy atom. The van der Waals surface area contributed by atoms with Crippen LogP contribution in [0, 0.1) is 5.41 Å². The summed E-state index contributed by atoms with van der Waals surface area (Å²) < 4.78 is 5.12. The molecule has 1 aromatic heterocycles. The first kappa shape index (κ1) is 16.0. The summed E-state index contributed by atoms with van der Waals surface area (Å²) in [6, 6.07) is 5.34. The second kappa shape index (κ2) is 6.16. The molecule has 0 spiro atoms. The van der Waals surface area contributed by atoms with E-state index in [9.17, 15) is 4.79 Å². The monoisotopic (exact) mass is 326 g/mol. The van der Waals surface area contributed by atoms with Gasteiger partial charge in [-0.25, -0.2) is 0 Å². The van der Waals surface area contributed by atoms with E-state index in [-0.39, 0.29) is 12.2 Å². The molecule has 0 radical (unpaired) electrons. The van der Waals surface area contributed by atoms with E-state index in [0.29, 0.717) is 28.2 Å². The molecule has 4 nitrogen and oxygen atoms in total. The van der Waals surface area contributed by atoms with Gasteiger partial charge in [-0.05, 0) is 17.7 Å².